The van der Waals surface area contributed by atoms with Crippen LogP contribution in [0.3, 0.4) is 0 Å². The Morgan fingerprint density at radius 3 is 1.33 bits per heavy atom. The smallest absolute Gasteiger partial charge is 0.164 e. The minimum atomic E-state index is 0.593. The molecule has 12 aromatic rings. The van der Waals surface area contributed by atoms with Crippen LogP contribution in [0.25, 0.3) is 134 Å². The van der Waals surface area contributed by atoms with Gasteiger partial charge in [-0.25, -0.2) is 15.0 Å². The predicted molar refractivity (Wildman–Crippen MR) is 287 cm³/mol. The van der Waals surface area contributed by atoms with Crippen LogP contribution in [0.4, 0.5) is 0 Å². The monoisotopic (exact) mass is 888 g/mol. The zero-order valence-electron chi connectivity index (χ0n) is 37.9. The third-order valence-corrected chi connectivity index (χ3v) is 13.7. The maximum absolute atomic E-state index is 10.6. The molecule has 70 heavy (non-hydrogen) atoms. The lowest BCUT2D eigenvalue weighted by Gasteiger charge is -2.13. The summed E-state index contributed by atoms with van der Waals surface area (Å²) in [7, 11) is 0. The molecule has 0 radical (unpaired) electrons. The number of benzene rings is 11. The van der Waals surface area contributed by atoms with Gasteiger partial charge in [0.1, 0.15) is 0 Å². The zero-order chi connectivity index (χ0) is 46.5. The molecular formula is C66H40N4. The van der Waals surface area contributed by atoms with Gasteiger partial charge in [0.25, 0.3) is 0 Å². The summed E-state index contributed by atoms with van der Waals surface area (Å²) in [4.78, 5) is 15.3. The minimum absolute atomic E-state index is 0.593. The largest absolute Gasteiger partial charge is 0.208 e. The van der Waals surface area contributed by atoms with Crippen molar-refractivity contribution in [2.75, 3.05) is 0 Å². The van der Waals surface area contributed by atoms with E-state index in [0.717, 1.165) is 66.8 Å². The second-order valence-electron chi connectivity index (χ2n) is 17.8. The second-order valence-corrected chi connectivity index (χ2v) is 17.8. The van der Waals surface area contributed by atoms with Crippen LogP contribution in [0.1, 0.15) is 5.56 Å². The van der Waals surface area contributed by atoms with E-state index in [-0.39, 0.29) is 0 Å². The molecule has 0 aliphatic heterocycles. The van der Waals surface area contributed by atoms with E-state index in [1.54, 1.807) is 0 Å². The Morgan fingerprint density at radius 1 is 0.257 bits per heavy atom. The number of nitrogens with zero attached hydrogens (tertiary/aromatic N) is 4. The summed E-state index contributed by atoms with van der Waals surface area (Å²) in [6, 6.07) is 87.5. The van der Waals surface area contributed by atoms with E-state index in [9.17, 15) is 5.26 Å². The first-order chi connectivity index (χ1) is 34.6. The Balaban J connectivity index is 0.828. The van der Waals surface area contributed by atoms with Crippen molar-refractivity contribution in [1.82, 2.24) is 15.0 Å². The third kappa shape index (κ3) is 7.13. The molecule has 0 fully saturated rings. The minimum Gasteiger partial charge on any atom is -0.208 e. The molecule has 324 valence electrons. The molecule has 0 spiro atoms. The van der Waals surface area contributed by atoms with E-state index in [4.69, 9.17) is 15.0 Å². The standard InChI is InChI=1S/C66H40N4/c67-41-53-38-47(32-33-54(53)48-21-10-22-49(39-48)57-34-35-62-59-28-7-6-27-58(59)61-31-13-30-60(57)63(61)62)45-19-8-18-44(36-45)46-20-9-24-51(37-46)65-68-64(43-15-2-1-3-16-43)69-66(70-65)52-25-11-23-50(40-52)56-29-12-17-42-14-4-5-26-55(42)56/h1-40H. The highest BCUT2D eigenvalue weighted by Gasteiger charge is 2.23. The number of rotatable bonds is 8. The van der Waals surface area contributed by atoms with Crippen LogP contribution >= 0.6 is 0 Å². The molecular weight excluding hydrogens is 849 g/mol. The normalized spacial score (nSPS) is 11.4. The van der Waals surface area contributed by atoms with E-state index in [0.29, 0.717) is 23.0 Å². The number of hydrogen-bond donors (Lipinski definition) is 0. The molecule has 1 aliphatic rings. The maximum Gasteiger partial charge on any atom is 0.164 e. The van der Waals surface area contributed by atoms with Gasteiger partial charge in [0.2, 0.25) is 0 Å². The summed E-state index contributed by atoms with van der Waals surface area (Å²) in [5.74, 6) is 1.81. The van der Waals surface area contributed by atoms with Crippen LogP contribution in [0, 0.1) is 11.3 Å². The first-order valence-electron chi connectivity index (χ1n) is 23.6. The molecule has 4 nitrogen and oxygen atoms in total. The van der Waals surface area contributed by atoms with Gasteiger partial charge in [0, 0.05) is 16.7 Å². The van der Waals surface area contributed by atoms with Gasteiger partial charge in [-0.1, -0.05) is 212 Å². The average Bonchev–Trinajstić information content (AvgIpc) is 3.77. The van der Waals surface area contributed by atoms with E-state index >= 15 is 0 Å². The second kappa shape index (κ2) is 16.9. The zero-order valence-corrected chi connectivity index (χ0v) is 37.9. The molecule has 0 saturated heterocycles. The summed E-state index contributed by atoms with van der Waals surface area (Å²) in [6.07, 6.45) is 0. The summed E-state index contributed by atoms with van der Waals surface area (Å²) in [5, 5.41) is 15.6. The molecule has 13 rings (SSSR count). The fourth-order valence-electron chi connectivity index (χ4n) is 10.4. The van der Waals surface area contributed by atoms with Gasteiger partial charge in [0.15, 0.2) is 17.5 Å². The molecule has 0 saturated carbocycles. The lowest BCUT2D eigenvalue weighted by Crippen LogP contribution is -2.00. The van der Waals surface area contributed by atoms with Crippen molar-refractivity contribution in [1.29, 1.82) is 5.26 Å². The van der Waals surface area contributed by atoms with Gasteiger partial charge < -0.3 is 0 Å². The Labute approximate surface area is 406 Å². The summed E-state index contributed by atoms with van der Waals surface area (Å²) >= 11 is 0. The molecule has 0 N–H and O–H groups in total. The molecule has 4 heteroatoms. The van der Waals surface area contributed by atoms with Crippen LogP contribution in [-0.2, 0) is 0 Å². The summed E-state index contributed by atoms with van der Waals surface area (Å²) in [5.41, 5.74) is 19.0. The Hall–Kier alpha value is -9.56. The van der Waals surface area contributed by atoms with Crippen LogP contribution in [0.2, 0.25) is 0 Å². The Kier molecular flexibility index (Phi) is 9.85. The number of hydrogen-bond acceptors (Lipinski definition) is 4. The Bertz CT molecular complexity index is 4050. The molecule has 1 aromatic heterocycles. The highest BCUT2D eigenvalue weighted by atomic mass is 15.0. The van der Waals surface area contributed by atoms with E-state index in [1.165, 1.54) is 49.4 Å². The van der Waals surface area contributed by atoms with Crippen LogP contribution in [0.5, 0.6) is 0 Å². The summed E-state index contributed by atoms with van der Waals surface area (Å²) < 4.78 is 0. The number of aromatic nitrogens is 3. The Morgan fingerprint density at radius 2 is 0.643 bits per heavy atom. The maximum atomic E-state index is 10.6. The van der Waals surface area contributed by atoms with Crippen molar-refractivity contribution in [3.8, 4) is 118 Å². The topological polar surface area (TPSA) is 62.5 Å². The van der Waals surface area contributed by atoms with Gasteiger partial charge in [-0.2, -0.15) is 5.26 Å². The molecule has 11 aromatic carbocycles. The molecule has 0 amide bonds. The first kappa shape index (κ1) is 40.7. The predicted octanol–water partition coefficient (Wildman–Crippen LogP) is 17.0. The fraction of sp³-hybridized carbons (Fsp3) is 0. The van der Waals surface area contributed by atoms with E-state index in [1.807, 2.05) is 36.4 Å². The molecule has 0 bridgehead atoms. The highest BCUT2D eigenvalue weighted by Crippen LogP contribution is 2.49. The van der Waals surface area contributed by atoms with Crippen molar-refractivity contribution in [2.45, 2.75) is 0 Å². The van der Waals surface area contributed by atoms with Crippen molar-refractivity contribution in [2.24, 2.45) is 0 Å². The molecule has 0 atom stereocenters. The van der Waals surface area contributed by atoms with Gasteiger partial charge in [-0.3, -0.25) is 0 Å². The molecule has 0 unspecified atom stereocenters. The van der Waals surface area contributed by atoms with Gasteiger partial charge >= 0.3 is 0 Å². The third-order valence-electron chi connectivity index (χ3n) is 13.7. The highest BCUT2D eigenvalue weighted by molar-refractivity contribution is 6.18. The van der Waals surface area contributed by atoms with Crippen LogP contribution in [0.15, 0.2) is 243 Å². The van der Waals surface area contributed by atoms with Gasteiger partial charge in [-0.15, -0.1) is 0 Å². The van der Waals surface area contributed by atoms with Crippen molar-refractivity contribution in [3.63, 3.8) is 0 Å². The fourth-order valence-corrected chi connectivity index (χ4v) is 10.4. The van der Waals surface area contributed by atoms with Crippen molar-refractivity contribution in [3.05, 3.63) is 248 Å². The van der Waals surface area contributed by atoms with Crippen LogP contribution in [-0.4, -0.2) is 15.0 Å². The molecule has 1 heterocycles. The quantitative estimate of drug-likeness (QED) is 0.152. The van der Waals surface area contributed by atoms with Gasteiger partial charge in [-0.05, 0) is 130 Å². The van der Waals surface area contributed by atoms with Crippen molar-refractivity contribution >= 4 is 21.5 Å². The van der Waals surface area contributed by atoms with Crippen LogP contribution < -0.4 is 0 Å². The lowest BCUT2D eigenvalue weighted by molar-refractivity contribution is 1.07. The number of fused-ring (bicyclic) bond motifs is 4. The first-order valence-corrected chi connectivity index (χ1v) is 23.6. The van der Waals surface area contributed by atoms with E-state index in [2.05, 4.69) is 212 Å². The van der Waals surface area contributed by atoms with Gasteiger partial charge in [0.05, 0.1) is 11.6 Å². The van der Waals surface area contributed by atoms with E-state index < -0.39 is 0 Å². The average molecular weight is 889 g/mol. The molecule has 1 aliphatic carbocycles. The van der Waals surface area contributed by atoms with Crippen molar-refractivity contribution < 1.29 is 0 Å². The lowest BCUT2D eigenvalue weighted by atomic mass is 9.90. The SMILES string of the molecule is N#Cc1cc(-c2cccc(-c3cccc(-c4nc(-c5ccccc5)nc(-c5cccc(-c6cccc7ccccc67)c5)n4)c3)c2)ccc1-c1cccc(-c2ccc3c4c(cccc24)-c2ccccc2-3)c1. The summed E-state index contributed by atoms with van der Waals surface area (Å²) in [6.45, 7) is 0. The number of nitriles is 1.